The first-order valence-electron chi connectivity index (χ1n) is 40.7. The lowest BCUT2D eigenvalue weighted by Gasteiger charge is -2.35. The van der Waals surface area contributed by atoms with E-state index in [4.69, 9.17) is 13.9 Å². The highest BCUT2D eigenvalue weighted by Crippen LogP contribution is 2.60. The van der Waals surface area contributed by atoms with Crippen LogP contribution in [-0.2, 0) is 10.8 Å². The Labute approximate surface area is 701 Å². The quantitative estimate of drug-likeness (QED) is 0.0760. The molecule has 0 bridgehead atoms. The largest absolute Gasteiger partial charge is 0.457 e. The molecule has 2 aliphatic rings. The topological polar surface area (TPSA) is 38.1 Å². The van der Waals surface area contributed by atoms with Crippen molar-refractivity contribution in [2.75, 3.05) is 9.80 Å². The van der Waals surface area contributed by atoms with Gasteiger partial charge in [-0.25, -0.2) is 8.78 Å². The van der Waals surface area contributed by atoms with Crippen LogP contribution in [0.1, 0.15) is 55.6 Å². The van der Waals surface area contributed by atoms with E-state index < -0.39 is 10.8 Å². The zero-order valence-electron chi connectivity index (χ0n) is 65.9. The number of benzene rings is 18. The van der Waals surface area contributed by atoms with Crippen molar-refractivity contribution in [3.63, 3.8) is 0 Å². The van der Waals surface area contributed by atoms with E-state index in [0.29, 0.717) is 0 Å². The third-order valence-corrected chi connectivity index (χ3v) is 24.2. The minimum atomic E-state index is -0.759. The fraction of sp³-hybridized carbons (Fsp3) is 0.0175. The van der Waals surface area contributed by atoms with Gasteiger partial charge in [0.25, 0.3) is 0 Å². The van der Waals surface area contributed by atoms with Gasteiger partial charge in [0.2, 0.25) is 0 Å². The number of hydrogen-bond donors (Lipinski definition) is 0. The van der Waals surface area contributed by atoms with Crippen LogP contribution in [0.15, 0.2) is 442 Å². The van der Waals surface area contributed by atoms with Crippen LogP contribution in [0.25, 0.3) is 101 Å². The fourth-order valence-corrected chi connectivity index (χ4v) is 18.5. The van der Waals surface area contributed by atoms with Gasteiger partial charge in [-0.15, -0.1) is 0 Å². The molecule has 0 saturated heterocycles. The Kier molecular flexibility index (Phi) is 18.3. The highest BCUT2D eigenvalue weighted by Gasteiger charge is 2.48. The second kappa shape index (κ2) is 30.4. The monoisotopic (exact) mass is 1560 g/mol. The van der Waals surface area contributed by atoms with E-state index in [9.17, 15) is 8.78 Å². The molecule has 574 valence electrons. The van der Waals surface area contributed by atoms with Gasteiger partial charge >= 0.3 is 0 Å². The lowest BCUT2D eigenvalue weighted by atomic mass is 9.67. The molecule has 0 spiro atoms. The molecule has 0 radical (unpaired) electrons. The first-order chi connectivity index (χ1) is 59.6. The van der Waals surface area contributed by atoms with Crippen LogP contribution in [0.5, 0.6) is 23.0 Å². The van der Waals surface area contributed by atoms with Crippen molar-refractivity contribution >= 4 is 68.2 Å². The molecule has 0 N–H and O–H groups in total. The maximum atomic E-state index is 14.3. The Balaban J connectivity index is 0.711. The van der Waals surface area contributed by atoms with E-state index >= 15 is 0 Å². The molecule has 1 aromatic heterocycles. The van der Waals surface area contributed by atoms with Crippen molar-refractivity contribution in [1.82, 2.24) is 0 Å². The van der Waals surface area contributed by atoms with Crippen molar-refractivity contribution in [2.24, 2.45) is 0 Å². The van der Waals surface area contributed by atoms with E-state index in [-0.39, 0.29) is 11.6 Å². The zero-order chi connectivity index (χ0) is 81.1. The normalized spacial score (nSPS) is 14.2. The van der Waals surface area contributed by atoms with Gasteiger partial charge in [0.15, 0.2) is 0 Å². The molecular formula is C114H76F2N2O3. The molecule has 0 amide bonds. The third kappa shape index (κ3) is 13.0. The minimum absolute atomic E-state index is 0.270. The average Bonchev–Trinajstić information content (AvgIpc) is 1.55. The number of rotatable bonds is 20. The van der Waals surface area contributed by atoms with Crippen LogP contribution in [0, 0.1) is 11.6 Å². The second-order valence-electron chi connectivity index (χ2n) is 31.0. The summed E-state index contributed by atoms with van der Waals surface area (Å²) in [5, 5.41) is 1.94. The van der Waals surface area contributed by atoms with Crippen molar-refractivity contribution in [1.29, 1.82) is 0 Å². The molecule has 2 aliphatic carbocycles. The average molecular weight is 1560 g/mol. The van der Waals surface area contributed by atoms with Gasteiger partial charge in [-0.2, -0.15) is 0 Å². The maximum Gasteiger partial charge on any atom is 0.137 e. The molecule has 7 heteroatoms. The standard InChI is InChI=1S/C114H76F2N2O3/c1-3-75-29-57-97(58-30-75)119-99-61-41-87(42-62-99)113(85-21-7-5-8-22-85)107-27-13-11-25-101(107)103-65-53-93(71-109(103)113)117(91-49-37-79(38-50-91)83-19-15-17-81(69-83)77-33-45-89(115)46-34-77)95-55-67-105-106-68-56-96(74-112(106)121-111(105)73-95)118(92-51-39-80(40-52-92)84-20-16-18-82(70-84)78-35-47-90(116)48-36-78)94-54-66-104-102-26-12-14-28-108(102)114(110(104)72-94,86-23-9-6-10-24-86)88-43-63-100(64-44-88)120-98-59-31-76(4-2)32-60-98/h3-74H,1-2H2. The fourth-order valence-electron chi connectivity index (χ4n) is 18.5. The van der Waals surface area contributed by atoms with E-state index in [1.807, 2.05) is 84.9 Å². The molecule has 0 fully saturated rings. The summed E-state index contributed by atoms with van der Waals surface area (Å²) < 4.78 is 48.9. The molecule has 18 aromatic carbocycles. The molecule has 19 aromatic rings. The molecule has 2 unspecified atom stereocenters. The summed E-state index contributed by atoms with van der Waals surface area (Å²) >= 11 is 0. The first-order valence-corrected chi connectivity index (χ1v) is 40.7. The van der Waals surface area contributed by atoms with E-state index in [0.717, 1.165) is 179 Å². The van der Waals surface area contributed by atoms with Gasteiger partial charge in [-0.05, 0) is 280 Å². The summed E-state index contributed by atoms with van der Waals surface area (Å²) in [6.45, 7) is 7.90. The van der Waals surface area contributed by atoms with Gasteiger partial charge < -0.3 is 23.7 Å². The maximum absolute atomic E-state index is 14.3. The summed E-state index contributed by atoms with van der Waals surface area (Å²) in [4.78, 5) is 4.70. The van der Waals surface area contributed by atoms with E-state index in [1.54, 1.807) is 0 Å². The van der Waals surface area contributed by atoms with Crippen LogP contribution < -0.4 is 19.3 Å². The molecule has 1 heterocycles. The van der Waals surface area contributed by atoms with Crippen molar-refractivity contribution in [2.45, 2.75) is 10.8 Å². The van der Waals surface area contributed by atoms with Gasteiger partial charge in [0, 0.05) is 57.0 Å². The van der Waals surface area contributed by atoms with Gasteiger partial charge in [-0.1, -0.05) is 280 Å². The molecule has 0 saturated carbocycles. The SMILES string of the molecule is C=Cc1ccc(Oc2ccc(C3(c4ccccc4)c4ccccc4-c4ccc(N(c5ccc(-c6cccc(-c7ccc(F)cc7)c6)cc5)c5ccc6c(c5)oc5cc(N(c7ccc(-c8cccc(-c9ccc(F)cc9)c8)cc7)c7ccc8c(c7)C(c7ccccc7)(c7ccc(Oc9ccc(C=C)cc9)cc7)c7ccccc7-8)ccc56)cc43)cc2)cc1. The first kappa shape index (κ1) is 73.0. The number of anilines is 6. The molecule has 0 aliphatic heterocycles. The van der Waals surface area contributed by atoms with E-state index in [1.165, 1.54) is 46.5 Å². The Morgan fingerprint density at radius 1 is 0.240 bits per heavy atom. The highest BCUT2D eigenvalue weighted by molar-refractivity contribution is 6.08. The lowest BCUT2D eigenvalue weighted by molar-refractivity contribution is 0.482. The number of furan rings is 1. The van der Waals surface area contributed by atoms with Crippen molar-refractivity contribution in [3.05, 3.63) is 505 Å². The van der Waals surface area contributed by atoms with Crippen LogP contribution in [0.3, 0.4) is 0 Å². The van der Waals surface area contributed by atoms with Gasteiger partial charge in [-0.3, -0.25) is 0 Å². The molecule has 5 nitrogen and oxygen atoms in total. The summed E-state index contributed by atoms with van der Waals surface area (Å²) in [5.41, 5.74) is 29.3. The molecule has 121 heavy (non-hydrogen) atoms. The molecule has 21 rings (SSSR count). The number of nitrogens with zero attached hydrogens (tertiary/aromatic N) is 2. The summed E-state index contributed by atoms with van der Waals surface area (Å²) in [6.07, 6.45) is 3.67. The molecule has 2 atom stereocenters. The molecular weight excluding hydrogens is 1480 g/mol. The van der Waals surface area contributed by atoms with Crippen LogP contribution in [0.2, 0.25) is 0 Å². The highest BCUT2D eigenvalue weighted by atomic mass is 19.1. The van der Waals surface area contributed by atoms with Crippen molar-refractivity contribution < 1.29 is 22.7 Å². The number of ether oxygens (including phenoxy) is 2. The summed E-state index contributed by atoms with van der Waals surface area (Å²) in [5.74, 6) is 2.40. The summed E-state index contributed by atoms with van der Waals surface area (Å²) in [7, 11) is 0. The van der Waals surface area contributed by atoms with E-state index in [2.05, 4.69) is 351 Å². The Hall–Kier alpha value is -15.7. The lowest BCUT2D eigenvalue weighted by Crippen LogP contribution is -2.28. The predicted molar refractivity (Wildman–Crippen MR) is 493 cm³/mol. The van der Waals surface area contributed by atoms with Crippen LogP contribution >= 0.6 is 0 Å². The number of hydrogen-bond acceptors (Lipinski definition) is 5. The van der Waals surface area contributed by atoms with Gasteiger partial charge in [0.05, 0.1) is 10.8 Å². The summed E-state index contributed by atoms with van der Waals surface area (Å²) in [6, 6.07) is 147. The third-order valence-electron chi connectivity index (χ3n) is 24.2. The number of fused-ring (bicyclic) bond motifs is 9. The van der Waals surface area contributed by atoms with Crippen LogP contribution in [0.4, 0.5) is 42.9 Å². The van der Waals surface area contributed by atoms with Crippen molar-refractivity contribution in [3.8, 4) is 89.8 Å². The Bertz CT molecular complexity index is 6720. The minimum Gasteiger partial charge on any atom is -0.457 e. The zero-order valence-corrected chi connectivity index (χ0v) is 65.9. The van der Waals surface area contributed by atoms with Gasteiger partial charge in [0.1, 0.15) is 45.8 Å². The smallest absolute Gasteiger partial charge is 0.137 e. The van der Waals surface area contributed by atoms with Crippen LogP contribution in [-0.4, -0.2) is 0 Å². The number of halogens is 2. The predicted octanol–water partition coefficient (Wildman–Crippen LogP) is 31.1. The Morgan fingerprint density at radius 2 is 0.537 bits per heavy atom. The second-order valence-corrected chi connectivity index (χ2v) is 31.0. The Morgan fingerprint density at radius 3 is 0.901 bits per heavy atom.